The van der Waals surface area contributed by atoms with Crippen molar-refractivity contribution in [3.05, 3.63) is 0 Å². The lowest BCUT2D eigenvalue weighted by Crippen LogP contribution is -2.47. The number of piperidine rings is 1. The van der Waals surface area contributed by atoms with Crippen molar-refractivity contribution in [3.8, 4) is 0 Å². The van der Waals surface area contributed by atoms with Crippen molar-refractivity contribution >= 4 is 11.9 Å². The van der Waals surface area contributed by atoms with E-state index in [-0.39, 0.29) is 12.5 Å². The van der Waals surface area contributed by atoms with Crippen LogP contribution in [-0.4, -0.2) is 48.2 Å². The summed E-state index contributed by atoms with van der Waals surface area (Å²) in [7, 11) is 0. The summed E-state index contributed by atoms with van der Waals surface area (Å²) in [4.78, 5) is 24.9. The Morgan fingerprint density at radius 3 is 2.33 bits per heavy atom. The first-order chi connectivity index (χ1) is 8.55. The monoisotopic (exact) mass is 257 g/mol. The third-order valence-electron chi connectivity index (χ3n) is 3.69. The van der Waals surface area contributed by atoms with Gasteiger partial charge in [0.2, 0.25) is 5.91 Å². The van der Waals surface area contributed by atoms with Gasteiger partial charge in [0.15, 0.2) is 0 Å². The van der Waals surface area contributed by atoms with Gasteiger partial charge in [0.25, 0.3) is 0 Å². The average molecular weight is 257 g/mol. The molecular weight excluding hydrogens is 234 g/mol. The minimum absolute atomic E-state index is 0.0349. The van der Waals surface area contributed by atoms with Crippen LogP contribution >= 0.6 is 0 Å². The van der Waals surface area contributed by atoms with E-state index in [0.29, 0.717) is 39.0 Å². The Hall–Kier alpha value is -1.10. The van der Waals surface area contributed by atoms with Gasteiger partial charge in [-0.1, -0.05) is 13.3 Å². The standard InChI is InChI=1S/C13H23NO4/c1-3-5-13(12(16)17)6-8-14(9-7-13)11(15)10-18-4-2/h3-10H2,1-2H3,(H,16,17). The maximum absolute atomic E-state index is 11.7. The van der Waals surface area contributed by atoms with E-state index in [1.54, 1.807) is 4.90 Å². The highest BCUT2D eigenvalue weighted by molar-refractivity contribution is 5.79. The average Bonchev–Trinajstić information content (AvgIpc) is 2.37. The molecule has 1 aliphatic heterocycles. The Bertz CT molecular complexity index is 295. The molecule has 0 spiro atoms. The highest BCUT2D eigenvalue weighted by Gasteiger charge is 2.41. The first kappa shape index (κ1) is 15.0. The topological polar surface area (TPSA) is 66.8 Å². The second-order valence-corrected chi connectivity index (χ2v) is 4.85. The molecule has 0 saturated carbocycles. The quantitative estimate of drug-likeness (QED) is 0.783. The van der Waals surface area contributed by atoms with Crippen molar-refractivity contribution in [3.63, 3.8) is 0 Å². The number of carbonyl (C=O) groups is 2. The van der Waals surface area contributed by atoms with Gasteiger partial charge in [-0.05, 0) is 26.2 Å². The van der Waals surface area contributed by atoms with Crippen molar-refractivity contribution in [2.24, 2.45) is 5.41 Å². The first-order valence-corrected chi connectivity index (χ1v) is 6.64. The zero-order valence-corrected chi connectivity index (χ0v) is 11.3. The lowest BCUT2D eigenvalue weighted by atomic mass is 9.75. The molecule has 1 aliphatic rings. The van der Waals surface area contributed by atoms with Crippen LogP contribution in [0.25, 0.3) is 0 Å². The van der Waals surface area contributed by atoms with Crippen molar-refractivity contribution < 1.29 is 19.4 Å². The molecule has 0 aromatic rings. The lowest BCUT2D eigenvalue weighted by Gasteiger charge is -2.38. The molecule has 0 bridgehead atoms. The van der Waals surface area contributed by atoms with Gasteiger partial charge in [-0.25, -0.2) is 0 Å². The first-order valence-electron chi connectivity index (χ1n) is 6.64. The van der Waals surface area contributed by atoms with Crippen LogP contribution in [0.3, 0.4) is 0 Å². The molecule has 0 aromatic heterocycles. The van der Waals surface area contributed by atoms with Crippen LogP contribution in [0.1, 0.15) is 39.5 Å². The molecule has 18 heavy (non-hydrogen) atoms. The van der Waals surface area contributed by atoms with Crippen LogP contribution in [0.4, 0.5) is 0 Å². The number of rotatable bonds is 6. The highest BCUT2D eigenvalue weighted by Crippen LogP contribution is 2.36. The van der Waals surface area contributed by atoms with Gasteiger partial charge in [0.1, 0.15) is 6.61 Å². The van der Waals surface area contributed by atoms with Crippen molar-refractivity contribution in [2.45, 2.75) is 39.5 Å². The Balaban J connectivity index is 2.52. The fourth-order valence-corrected chi connectivity index (χ4v) is 2.51. The maximum atomic E-state index is 11.7. The molecule has 5 heteroatoms. The second-order valence-electron chi connectivity index (χ2n) is 4.85. The summed E-state index contributed by atoms with van der Waals surface area (Å²) < 4.78 is 5.09. The van der Waals surface area contributed by atoms with Crippen LogP contribution in [0.15, 0.2) is 0 Å². The predicted octanol–water partition coefficient (Wildman–Crippen LogP) is 1.52. The van der Waals surface area contributed by atoms with Crippen LogP contribution in [0.5, 0.6) is 0 Å². The minimum atomic E-state index is -0.721. The highest BCUT2D eigenvalue weighted by atomic mass is 16.5. The summed E-state index contributed by atoms with van der Waals surface area (Å²) >= 11 is 0. The summed E-state index contributed by atoms with van der Waals surface area (Å²) in [5.41, 5.74) is -0.628. The van der Waals surface area contributed by atoms with Crippen LogP contribution in [0, 0.1) is 5.41 Å². The molecule has 1 saturated heterocycles. The van der Waals surface area contributed by atoms with Gasteiger partial charge in [-0.15, -0.1) is 0 Å². The van der Waals surface area contributed by atoms with Gasteiger partial charge in [-0.2, -0.15) is 0 Å². The van der Waals surface area contributed by atoms with Crippen molar-refractivity contribution in [2.75, 3.05) is 26.3 Å². The van der Waals surface area contributed by atoms with E-state index < -0.39 is 11.4 Å². The molecule has 0 aliphatic carbocycles. The molecule has 0 unspecified atom stereocenters. The van der Waals surface area contributed by atoms with E-state index in [9.17, 15) is 14.7 Å². The fourth-order valence-electron chi connectivity index (χ4n) is 2.51. The second kappa shape index (κ2) is 6.73. The van der Waals surface area contributed by atoms with Gasteiger partial charge < -0.3 is 14.7 Å². The van der Waals surface area contributed by atoms with E-state index in [0.717, 1.165) is 6.42 Å². The lowest BCUT2D eigenvalue weighted by molar-refractivity contribution is -0.155. The maximum Gasteiger partial charge on any atom is 0.309 e. The van der Waals surface area contributed by atoms with E-state index in [4.69, 9.17) is 4.74 Å². The Morgan fingerprint density at radius 1 is 1.28 bits per heavy atom. The molecule has 5 nitrogen and oxygen atoms in total. The summed E-state index contributed by atoms with van der Waals surface area (Å²) in [5, 5.41) is 9.36. The molecule has 0 atom stereocenters. The molecule has 1 fully saturated rings. The SMILES string of the molecule is CCCC1(C(=O)O)CCN(C(=O)COCC)CC1. The number of hydrogen-bond acceptors (Lipinski definition) is 3. The minimum Gasteiger partial charge on any atom is -0.481 e. The van der Waals surface area contributed by atoms with Crippen molar-refractivity contribution in [1.82, 2.24) is 4.90 Å². The third kappa shape index (κ3) is 3.45. The number of ether oxygens (including phenoxy) is 1. The molecule has 104 valence electrons. The van der Waals surface area contributed by atoms with Gasteiger partial charge in [0.05, 0.1) is 5.41 Å². The Morgan fingerprint density at radius 2 is 1.89 bits per heavy atom. The number of carbonyl (C=O) groups excluding carboxylic acids is 1. The number of aliphatic carboxylic acids is 1. The zero-order chi connectivity index (χ0) is 13.6. The van der Waals surface area contributed by atoms with Gasteiger partial charge in [-0.3, -0.25) is 9.59 Å². The number of hydrogen-bond donors (Lipinski definition) is 1. The number of carboxylic acid groups (broad SMARTS) is 1. The van der Waals surface area contributed by atoms with Crippen LogP contribution in [-0.2, 0) is 14.3 Å². The Kier molecular flexibility index (Phi) is 5.59. The number of likely N-dealkylation sites (tertiary alicyclic amines) is 1. The summed E-state index contributed by atoms with van der Waals surface area (Å²) in [6.45, 7) is 5.52. The normalized spacial score (nSPS) is 18.7. The number of carboxylic acids is 1. The van der Waals surface area contributed by atoms with Gasteiger partial charge in [0, 0.05) is 19.7 Å². The number of nitrogens with zero attached hydrogens (tertiary/aromatic N) is 1. The van der Waals surface area contributed by atoms with E-state index in [1.807, 2.05) is 13.8 Å². The fraction of sp³-hybridized carbons (Fsp3) is 0.846. The smallest absolute Gasteiger partial charge is 0.309 e. The van der Waals surface area contributed by atoms with Crippen molar-refractivity contribution in [1.29, 1.82) is 0 Å². The summed E-state index contributed by atoms with van der Waals surface area (Å²) in [6, 6.07) is 0. The zero-order valence-electron chi connectivity index (χ0n) is 11.3. The summed E-state index contributed by atoms with van der Waals surface area (Å²) in [5.74, 6) is -0.756. The van der Waals surface area contributed by atoms with E-state index in [2.05, 4.69) is 0 Å². The van der Waals surface area contributed by atoms with Crippen LogP contribution < -0.4 is 0 Å². The molecular formula is C13H23NO4. The largest absolute Gasteiger partial charge is 0.481 e. The van der Waals surface area contributed by atoms with E-state index >= 15 is 0 Å². The Labute approximate surface area is 108 Å². The summed E-state index contributed by atoms with van der Waals surface area (Å²) in [6.07, 6.45) is 2.65. The molecule has 0 radical (unpaired) electrons. The van der Waals surface area contributed by atoms with Crippen LogP contribution in [0.2, 0.25) is 0 Å². The molecule has 1 heterocycles. The molecule has 1 N–H and O–H groups in total. The van der Waals surface area contributed by atoms with Gasteiger partial charge >= 0.3 is 5.97 Å². The van der Waals surface area contributed by atoms with E-state index in [1.165, 1.54) is 0 Å². The third-order valence-corrected chi connectivity index (χ3v) is 3.69. The molecule has 0 aromatic carbocycles. The number of amides is 1. The molecule has 1 amide bonds. The predicted molar refractivity (Wildman–Crippen MR) is 67.3 cm³/mol. The molecule has 1 rings (SSSR count).